The standard InChI is InChI=1S/C21H27ClN4OS/c22-18-3-1-4-19(15-18)25-10-6-24(7-11-25)17-21(27)26-12-8-23(9-13-26)16-20-5-2-14-28-20/h1-5,14-15H,6-13,16-17H2. The van der Waals surface area contributed by atoms with Gasteiger partial charge in [0.1, 0.15) is 0 Å². The van der Waals surface area contributed by atoms with E-state index in [4.69, 9.17) is 11.6 Å². The average molecular weight is 419 g/mol. The normalized spacial score (nSPS) is 19.2. The second kappa shape index (κ2) is 9.27. The van der Waals surface area contributed by atoms with Crippen LogP contribution in [0.1, 0.15) is 4.88 Å². The first-order chi connectivity index (χ1) is 13.7. The van der Waals surface area contributed by atoms with Crippen LogP contribution in [0.2, 0.25) is 5.02 Å². The van der Waals surface area contributed by atoms with Crippen LogP contribution in [0, 0.1) is 0 Å². The zero-order valence-corrected chi connectivity index (χ0v) is 17.7. The van der Waals surface area contributed by atoms with E-state index in [9.17, 15) is 4.79 Å². The summed E-state index contributed by atoms with van der Waals surface area (Å²) in [6, 6.07) is 12.3. The molecule has 150 valence electrons. The molecular weight excluding hydrogens is 392 g/mol. The lowest BCUT2D eigenvalue weighted by Crippen LogP contribution is -2.53. The third kappa shape index (κ3) is 5.06. The fourth-order valence-electron chi connectivity index (χ4n) is 3.91. The number of benzene rings is 1. The molecule has 0 bridgehead atoms. The molecule has 1 aromatic carbocycles. The Morgan fingerprint density at radius 3 is 2.36 bits per heavy atom. The number of piperazine rings is 2. The summed E-state index contributed by atoms with van der Waals surface area (Å²) in [5, 5.41) is 2.90. The molecule has 0 aliphatic carbocycles. The Bertz CT molecular complexity index is 768. The van der Waals surface area contributed by atoms with Gasteiger partial charge in [0, 0.05) is 74.5 Å². The number of halogens is 1. The van der Waals surface area contributed by atoms with Gasteiger partial charge < -0.3 is 9.80 Å². The molecule has 2 saturated heterocycles. The van der Waals surface area contributed by atoms with E-state index in [-0.39, 0.29) is 5.91 Å². The summed E-state index contributed by atoms with van der Waals surface area (Å²) in [6.07, 6.45) is 0. The molecule has 0 spiro atoms. The molecule has 2 aromatic rings. The van der Waals surface area contributed by atoms with E-state index in [1.165, 1.54) is 10.6 Å². The lowest BCUT2D eigenvalue weighted by molar-refractivity contribution is -0.134. The summed E-state index contributed by atoms with van der Waals surface area (Å²) >= 11 is 7.91. The summed E-state index contributed by atoms with van der Waals surface area (Å²) in [7, 11) is 0. The molecule has 0 radical (unpaired) electrons. The van der Waals surface area contributed by atoms with Gasteiger partial charge in [-0.1, -0.05) is 23.7 Å². The van der Waals surface area contributed by atoms with Crippen LogP contribution >= 0.6 is 22.9 Å². The summed E-state index contributed by atoms with van der Waals surface area (Å²) in [6.45, 7) is 8.84. The maximum atomic E-state index is 12.7. The molecule has 1 aromatic heterocycles. The number of amides is 1. The maximum absolute atomic E-state index is 12.7. The summed E-state index contributed by atoms with van der Waals surface area (Å²) < 4.78 is 0. The Morgan fingerprint density at radius 2 is 1.68 bits per heavy atom. The molecule has 0 atom stereocenters. The van der Waals surface area contributed by atoms with Crippen molar-refractivity contribution in [2.75, 3.05) is 63.8 Å². The van der Waals surface area contributed by atoms with Crippen LogP contribution in [0.3, 0.4) is 0 Å². The second-order valence-electron chi connectivity index (χ2n) is 7.48. The van der Waals surface area contributed by atoms with Gasteiger partial charge in [0.2, 0.25) is 5.91 Å². The molecule has 1 amide bonds. The van der Waals surface area contributed by atoms with Crippen molar-refractivity contribution in [1.82, 2.24) is 14.7 Å². The van der Waals surface area contributed by atoms with E-state index in [1.54, 1.807) is 11.3 Å². The predicted octanol–water partition coefficient (Wildman–Crippen LogP) is 2.87. The van der Waals surface area contributed by atoms with E-state index in [2.05, 4.69) is 38.3 Å². The first-order valence-corrected chi connectivity index (χ1v) is 11.2. The molecule has 28 heavy (non-hydrogen) atoms. The molecule has 2 fully saturated rings. The summed E-state index contributed by atoms with van der Waals surface area (Å²) in [5.41, 5.74) is 1.17. The van der Waals surface area contributed by atoms with Crippen molar-refractivity contribution >= 4 is 34.5 Å². The Morgan fingerprint density at radius 1 is 0.929 bits per heavy atom. The first kappa shape index (κ1) is 19.7. The number of thiophene rings is 1. The molecule has 2 aliphatic rings. The molecule has 2 aliphatic heterocycles. The number of carbonyl (C=O) groups is 1. The van der Waals surface area contributed by atoms with Crippen molar-refractivity contribution in [1.29, 1.82) is 0 Å². The zero-order valence-electron chi connectivity index (χ0n) is 16.1. The van der Waals surface area contributed by atoms with Crippen LogP contribution in [-0.2, 0) is 11.3 Å². The predicted molar refractivity (Wildman–Crippen MR) is 116 cm³/mol. The van der Waals surface area contributed by atoms with E-state index < -0.39 is 0 Å². The molecular formula is C21H27ClN4OS. The Labute approximate surface area is 176 Å². The highest BCUT2D eigenvalue weighted by atomic mass is 35.5. The number of carbonyl (C=O) groups excluding carboxylic acids is 1. The number of hydrogen-bond donors (Lipinski definition) is 0. The van der Waals surface area contributed by atoms with Crippen molar-refractivity contribution in [2.24, 2.45) is 0 Å². The van der Waals surface area contributed by atoms with Gasteiger partial charge >= 0.3 is 0 Å². The Balaban J connectivity index is 1.20. The van der Waals surface area contributed by atoms with Crippen LogP contribution in [0.25, 0.3) is 0 Å². The van der Waals surface area contributed by atoms with Crippen molar-refractivity contribution in [2.45, 2.75) is 6.54 Å². The summed E-state index contributed by atoms with van der Waals surface area (Å²) in [4.78, 5) is 23.2. The number of nitrogens with zero attached hydrogens (tertiary/aromatic N) is 4. The van der Waals surface area contributed by atoms with Crippen molar-refractivity contribution in [3.63, 3.8) is 0 Å². The smallest absolute Gasteiger partial charge is 0.236 e. The molecule has 3 heterocycles. The van der Waals surface area contributed by atoms with Crippen LogP contribution < -0.4 is 4.90 Å². The second-order valence-corrected chi connectivity index (χ2v) is 8.95. The van der Waals surface area contributed by atoms with Crippen LogP contribution in [0.4, 0.5) is 5.69 Å². The van der Waals surface area contributed by atoms with Gasteiger partial charge in [-0.2, -0.15) is 0 Å². The third-order valence-corrected chi connectivity index (χ3v) is 6.69. The highest BCUT2D eigenvalue weighted by molar-refractivity contribution is 7.09. The summed E-state index contributed by atoms with van der Waals surface area (Å²) in [5.74, 6) is 0.270. The van der Waals surface area contributed by atoms with Crippen LogP contribution in [0.5, 0.6) is 0 Å². The van der Waals surface area contributed by atoms with Gasteiger partial charge in [-0.3, -0.25) is 14.6 Å². The van der Waals surface area contributed by atoms with Crippen molar-refractivity contribution in [3.05, 3.63) is 51.7 Å². The number of hydrogen-bond acceptors (Lipinski definition) is 5. The Hall–Kier alpha value is -1.60. The molecule has 4 rings (SSSR count). The van der Waals surface area contributed by atoms with Gasteiger partial charge in [0.05, 0.1) is 6.54 Å². The minimum Gasteiger partial charge on any atom is -0.369 e. The van der Waals surface area contributed by atoms with Gasteiger partial charge in [-0.05, 0) is 29.6 Å². The fraction of sp³-hybridized carbons (Fsp3) is 0.476. The quantitative estimate of drug-likeness (QED) is 0.746. The van der Waals surface area contributed by atoms with E-state index in [0.29, 0.717) is 6.54 Å². The first-order valence-electron chi connectivity index (χ1n) is 9.93. The van der Waals surface area contributed by atoms with Crippen LogP contribution in [-0.4, -0.2) is 79.5 Å². The maximum Gasteiger partial charge on any atom is 0.236 e. The van der Waals surface area contributed by atoms with Gasteiger partial charge in [-0.15, -0.1) is 11.3 Å². The van der Waals surface area contributed by atoms with Crippen LogP contribution in [0.15, 0.2) is 41.8 Å². The van der Waals surface area contributed by atoms with Gasteiger partial charge in [-0.25, -0.2) is 0 Å². The van der Waals surface area contributed by atoms with E-state index in [0.717, 1.165) is 63.9 Å². The highest BCUT2D eigenvalue weighted by Crippen LogP contribution is 2.21. The highest BCUT2D eigenvalue weighted by Gasteiger charge is 2.25. The number of anilines is 1. The lowest BCUT2D eigenvalue weighted by Gasteiger charge is -2.38. The fourth-order valence-corrected chi connectivity index (χ4v) is 4.84. The minimum absolute atomic E-state index is 0.270. The number of rotatable bonds is 5. The van der Waals surface area contributed by atoms with Crippen molar-refractivity contribution in [3.8, 4) is 0 Å². The minimum atomic E-state index is 0.270. The Kier molecular flexibility index (Phi) is 6.52. The van der Waals surface area contributed by atoms with Gasteiger partial charge in [0.25, 0.3) is 0 Å². The largest absolute Gasteiger partial charge is 0.369 e. The monoisotopic (exact) mass is 418 g/mol. The van der Waals surface area contributed by atoms with Crippen molar-refractivity contribution < 1.29 is 4.79 Å². The molecule has 0 saturated carbocycles. The lowest BCUT2D eigenvalue weighted by atomic mass is 10.2. The molecule has 5 nitrogen and oxygen atoms in total. The third-order valence-electron chi connectivity index (χ3n) is 5.59. The molecule has 0 N–H and O–H groups in total. The molecule has 7 heteroatoms. The molecule has 0 unspecified atom stereocenters. The van der Waals surface area contributed by atoms with E-state index >= 15 is 0 Å². The average Bonchev–Trinajstić information content (AvgIpc) is 3.22. The van der Waals surface area contributed by atoms with Gasteiger partial charge in [0.15, 0.2) is 0 Å². The zero-order chi connectivity index (χ0) is 19.3. The van der Waals surface area contributed by atoms with E-state index in [1.807, 2.05) is 23.1 Å². The SMILES string of the molecule is O=C(CN1CCN(c2cccc(Cl)c2)CC1)N1CCN(Cc2cccs2)CC1. The topological polar surface area (TPSA) is 30.0 Å².